The maximum Gasteiger partial charge on any atom is 0.310 e. The first kappa shape index (κ1) is 14.9. The fourth-order valence-corrected chi connectivity index (χ4v) is 2.30. The van der Waals surface area contributed by atoms with Crippen LogP contribution in [0.1, 0.15) is 20.3 Å². The normalized spacial score (nSPS) is 11.9. The van der Waals surface area contributed by atoms with E-state index in [1.807, 2.05) is 30.8 Å². The second-order valence-electron chi connectivity index (χ2n) is 3.97. The van der Waals surface area contributed by atoms with Gasteiger partial charge in [0.15, 0.2) is 0 Å². The molecule has 100 valence electrons. The third-order valence-corrected chi connectivity index (χ3v) is 3.64. The zero-order chi connectivity index (χ0) is 13.4. The van der Waals surface area contributed by atoms with Gasteiger partial charge in [0, 0.05) is 17.1 Å². The molecule has 0 amide bonds. The van der Waals surface area contributed by atoms with Crippen LogP contribution in [0.25, 0.3) is 0 Å². The average Bonchev–Trinajstić information content (AvgIpc) is 2.41. The van der Waals surface area contributed by atoms with Crippen LogP contribution in [-0.2, 0) is 9.53 Å². The van der Waals surface area contributed by atoms with Crippen molar-refractivity contribution in [2.75, 3.05) is 24.7 Å². The first-order chi connectivity index (χ1) is 8.71. The van der Waals surface area contributed by atoms with Crippen molar-refractivity contribution >= 4 is 23.4 Å². The van der Waals surface area contributed by atoms with Gasteiger partial charge in [-0.25, -0.2) is 0 Å². The van der Waals surface area contributed by atoms with Crippen LogP contribution in [-0.4, -0.2) is 25.4 Å². The molecule has 0 aliphatic heterocycles. The van der Waals surface area contributed by atoms with Gasteiger partial charge in [0.05, 0.1) is 13.0 Å². The lowest BCUT2D eigenvalue weighted by Gasteiger charge is -2.14. The molecule has 4 heteroatoms. The van der Waals surface area contributed by atoms with E-state index in [2.05, 4.69) is 24.4 Å². The fraction of sp³-hybridized carbons (Fsp3) is 0.500. The van der Waals surface area contributed by atoms with Crippen molar-refractivity contribution in [3.8, 4) is 0 Å². The molecule has 0 aliphatic carbocycles. The Morgan fingerprint density at radius 3 is 2.50 bits per heavy atom. The smallest absolute Gasteiger partial charge is 0.310 e. The number of hydrogen-bond acceptors (Lipinski definition) is 4. The van der Waals surface area contributed by atoms with Crippen molar-refractivity contribution < 1.29 is 9.53 Å². The van der Waals surface area contributed by atoms with E-state index in [0.717, 1.165) is 17.9 Å². The molecule has 18 heavy (non-hydrogen) atoms. The Bertz CT molecular complexity index is 365. The van der Waals surface area contributed by atoms with E-state index >= 15 is 0 Å². The molecule has 0 saturated heterocycles. The van der Waals surface area contributed by atoms with E-state index in [9.17, 15) is 4.79 Å². The van der Waals surface area contributed by atoms with Gasteiger partial charge in [-0.15, -0.1) is 11.8 Å². The lowest BCUT2D eigenvalue weighted by Crippen LogP contribution is -2.23. The molecule has 1 aromatic carbocycles. The van der Waals surface area contributed by atoms with Gasteiger partial charge in [0.25, 0.3) is 0 Å². The highest BCUT2D eigenvalue weighted by Crippen LogP contribution is 2.20. The number of thioether (sulfide) groups is 1. The predicted octanol–water partition coefficient (Wildman–Crippen LogP) is 3.41. The molecule has 1 rings (SSSR count). The molecule has 0 radical (unpaired) electrons. The third kappa shape index (κ3) is 4.61. The molecule has 1 aromatic rings. The number of methoxy groups -OCH3 is 1. The molecule has 0 aromatic heterocycles. The van der Waals surface area contributed by atoms with Crippen LogP contribution in [0.3, 0.4) is 0 Å². The molecule has 0 saturated carbocycles. The zero-order valence-corrected chi connectivity index (χ0v) is 12.0. The highest BCUT2D eigenvalue weighted by molar-refractivity contribution is 7.99. The number of carbonyl (C=O) groups excluding carboxylic acids is 1. The summed E-state index contributed by atoms with van der Waals surface area (Å²) < 4.78 is 4.76. The summed E-state index contributed by atoms with van der Waals surface area (Å²) in [6.45, 7) is 4.74. The van der Waals surface area contributed by atoms with Gasteiger partial charge in [0.1, 0.15) is 0 Å². The Labute approximate surface area is 113 Å². The maximum absolute atomic E-state index is 11.4. The minimum atomic E-state index is -0.150. The lowest BCUT2D eigenvalue weighted by atomic mass is 10.1. The minimum absolute atomic E-state index is 0.0836. The molecule has 3 nitrogen and oxygen atoms in total. The van der Waals surface area contributed by atoms with Crippen molar-refractivity contribution in [3.63, 3.8) is 0 Å². The second-order valence-corrected chi connectivity index (χ2v) is 5.30. The molecule has 1 unspecified atom stereocenters. The highest BCUT2D eigenvalue weighted by Gasteiger charge is 2.16. The zero-order valence-electron chi connectivity index (χ0n) is 11.2. The third-order valence-electron chi connectivity index (χ3n) is 2.75. The van der Waals surface area contributed by atoms with Gasteiger partial charge < -0.3 is 10.1 Å². The van der Waals surface area contributed by atoms with Gasteiger partial charge in [-0.2, -0.15) is 0 Å². The molecular formula is C14H21NO2S. The molecule has 0 aliphatic rings. The van der Waals surface area contributed by atoms with Crippen molar-refractivity contribution in [3.05, 3.63) is 24.3 Å². The number of esters is 1. The van der Waals surface area contributed by atoms with E-state index < -0.39 is 0 Å². The van der Waals surface area contributed by atoms with Crippen LogP contribution in [0.2, 0.25) is 0 Å². The van der Waals surface area contributed by atoms with Crippen LogP contribution in [0.4, 0.5) is 5.69 Å². The molecule has 1 N–H and O–H groups in total. The van der Waals surface area contributed by atoms with Gasteiger partial charge in [-0.05, 0) is 36.4 Å². The maximum atomic E-state index is 11.4. The predicted molar refractivity (Wildman–Crippen MR) is 77.1 cm³/mol. The number of ether oxygens (including phenoxy) is 1. The highest BCUT2D eigenvalue weighted by atomic mass is 32.2. The SMILES string of the molecule is CCSc1ccc(NCC(CC)C(=O)OC)cc1. The van der Waals surface area contributed by atoms with E-state index in [1.165, 1.54) is 12.0 Å². The Kier molecular flexibility index (Phi) is 6.65. The van der Waals surface area contributed by atoms with E-state index in [-0.39, 0.29) is 11.9 Å². The minimum Gasteiger partial charge on any atom is -0.469 e. The molecule has 0 heterocycles. The van der Waals surface area contributed by atoms with Gasteiger partial charge in [-0.1, -0.05) is 13.8 Å². The second kappa shape index (κ2) is 8.03. The standard InChI is InChI=1S/C14H21NO2S/c1-4-11(14(16)17-3)10-15-12-6-8-13(9-7-12)18-5-2/h6-9,11,15H,4-5,10H2,1-3H3. The number of anilines is 1. The summed E-state index contributed by atoms with van der Waals surface area (Å²) in [5.41, 5.74) is 1.04. The molecule has 0 fully saturated rings. The Hall–Kier alpha value is -1.16. The summed E-state index contributed by atoms with van der Waals surface area (Å²) >= 11 is 1.82. The van der Waals surface area contributed by atoms with Crippen LogP contribution < -0.4 is 5.32 Å². The van der Waals surface area contributed by atoms with Gasteiger partial charge in [0.2, 0.25) is 0 Å². The molecule has 0 spiro atoms. The average molecular weight is 267 g/mol. The Balaban J connectivity index is 2.49. The first-order valence-electron chi connectivity index (χ1n) is 6.25. The summed E-state index contributed by atoms with van der Waals surface area (Å²) in [5.74, 6) is 0.843. The number of benzene rings is 1. The molecule has 1 atom stereocenters. The largest absolute Gasteiger partial charge is 0.469 e. The quantitative estimate of drug-likeness (QED) is 0.607. The van der Waals surface area contributed by atoms with Crippen molar-refractivity contribution in [1.82, 2.24) is 0 Å². The summed E-state index contributed by atoms with van der Waals surface area (Å²) in [7, 11) is 1.43. The van der Waals surface area contributed by atoms with E-state index in [1.54, 1.807) is 0 Å². The summed E-state index contributed by atoms with van der Waals surface area (Å²) in [6.07, 6.45) is 0.781. The molecular weight excluding hydrogens is 246 g/mol. The van der Waals surface area contributed by atoms with Crippen LogP contribution in [0, 0.1) is 5.92 Å². The van der Waals surface area contributed by atoms with Gasteiger partial charge >= 0.3 is 5.97 Å². The van der Waals surface area contributed by atoms with Crippen LogP contribution >= 0.6 is 11.8 Å². The van der Waals surface area contributed by atoms with Crippen LogP contribution in [0.5, 0.6) is 0 Å². The number of nitrogens with one attached hydrogen (secondary N) is 1. The number of rotatable bonds is 7. The van der Waals surface area contributed by atoms with Crippen molar-refractivity contribution in [2.45, 2.75) is 25.2 Å². The summed E-state index contributed by atoms with van der Waals surface area (Å²) in [4.78, 5) is 12.7. The topological polar surface area (TPSA) is 38.3 Å². The molecule has 0 bridgehead atoms. The number of carbonyl (C=O) groups is 1. The Morgan fingerprint density at radius 1 is 1.33 bits per heavy atom. The number of hydrogen-bond donors (Lipinski definition) is 1. The van der Waals surface area contributed by atoms with E-state index in [0.29, 0.717) is 6.54 Å². The van der Waals surface area contributed by atoms with E-state index in [4.69, 9.17) is 4.74 Å². The van der Waals surface area contributed by atoms with Crippen molar-refractivity contribution in [2.24, 2.45) is 5.92 Å². The summed E-state index contributed by atoms with van der Waals surface area (Å²) in [5, 5.41) is 3.27. The first-order valence-corrected chi connectivity index (χ1v) is 7.24. The lowest BCUT2D eigenvalue weighted by molar-refractivity contribution is -0.145. The van der Waals surface area contributed by atoms with Gasteiger partial charge in [-0.3, -0.25) is 4.79 Å². The fourth-order valence-electron chi connectivity index (χ4n) is 1.64. The van der Waals surface area contributed by atoms with Crippen LogP contribution in [0.15, 0.2) is 29.2 Å². The van der Waals surface area contributed by atoms with Crippen molar-refractivity contribution in [1.29, 1.82) is 0 Å². The Morgan fingerprint density at radius 2 is 2.00 bits per heavy atom. The summed E-state index contributed by atoms with van der Waals surface area (Å²) in [6, 6.07) is 8.27. The monoisotopic (exact) mass is 267 g/mol.